The fourth-order valence-electron chi connectivity index (χ4n) is 3.54. The third-order valence-electron chi connectivity index (χ3n) is 4.64. The first-order chi connectivity index (χ1) is 8.30. The van der Waals surface area contributed by atoms with Crippen LogP contribution in [0.4, 0.5) is 0 Å². The van der Waals surface area contributed by atoms with Crippen LogP contribution in [0.1, 0.15) is 57.1 Å². The van der Waals surface area contributed by atoms with Crippen molar-refractivity contribution in [3.63, 3.8) is 0 Å². The number of imidazole rings is 1. The molecule has 0 bridgehead atoms. The third kappa shape index (κ3) is 2.01. The zero-order chi connectivity index (χ0) is 11.7. The van der Waals surface area contributed by atoms with Gasteiger partial charge in [0.1, 0.15) is 0 Å². The molecule has 1 saturated heterocycles. The summed E-state index contributed by atoms with van der Waals surface area (Å²) in [5, 5.41) is 3.51. The summed E-state index contributed by atoms with van der Waals surface area (Å²) in [5.74, 6) is 0.670. The molecule has 1 unspecified atom stereocenters. The van der Waals surface area contributed by atoms with Crippen LogP contribution in [0.15, 0.2) is 12.5 Å². The topological polar surface area (TPSA) is 29.9 Å². The number of rotatable bonds is 2. The molecule has 3 nitrogen and oxygen atoms in total. The van der Waals surface area contributed by atoms with Gasteiger partial charge in [-0.1, -0.05) is 12.8 Å². The molecule has 2 fully saturated rings. The Morgan fingerprint density at radius 3 is 2.88 bits per heavy atom. The Kier molecular flexibility index (Phi) is 2.95. The maximum absolute atomic E-state index is 4.42. The van der Waals surface area contributed by atoms with Crippen LogP contribution in [-0.4, -0.2) is 22.6 Å². The molecular weight excluding hydrogens is 210 g/mol. The lowest BCUT2D eigenvalue weighted by atomic mass is 9.93. The average molecular weight is 233 g/mol. The Balaban J connectivity index is 1.87. The lowest BCUT2D eigenvalue weighted by molar-refractivity contribution is 0.305. The van der Waals surface area contributed by atoms with Gasteiger partial charge in [-0.2, -0.15) is 0 Å². The molecule has 2 heterocycles. The van der Waals surface area contributed by atoms with Crippen LogP contribution in [0.2, 0.25) is 0 Å². The first-order valence-electron chi connectivity index (χ1n) is 7.03. The Bertz CT molecular complexity index is 371. The van der Waals surface area contributed by atoms with Crippen molar-refractivity contribution in [3.05, 3.63) is 18.2 Å². The van der Waals surface area contributed by atoms with Crippen molar-refractivity contribution in [1.82, 2.24) is 14.9 Å². The predicted molar refractivity (Wildman–Crippen MR) is 69.2 cm³/mol. The van der Waals surface area contributed by atoms with Crippen molar-refractivity contribution in [2.45, 2.75) is 56.9 Å². The number of hydrogen-bond donors (Lipinski definition) is 1. The van der Waals surface area contributed by atoms with Crippen LogP contribution in [0.25, 0.3) is 0 Å². The number of nitrogens with zero attached hydrogens (tertiary/aromatic N) is 2. The van der Waals surface area contributed by atoms with Crippen LogP contribution < -0.4 is 5.32 Å². The van der Waals surface area contributed by atoms with E-state index in [2.05, 4.69) is 34.3 Å². The normalized spacial score (nSPS) is 28.4. The van der Waals surface area contributed by atoms with E-state index in [1.165, 1.54) is 50.8 Å². The molecule has 94 valence electrons. The molecule has 1 aromatic heterocycles. The Labute approximate surface area is 104 Å². The quantitative estimate of drug-likeness (QED) is 0.851. The molecule has 0 amide bonds. The number of hydrogen-bond acceptors (Lipinski definition) is 2. The second kappa shape index (κ2) is 4.45. The van der Waals surface area contributed by atoms with Crippen molar-refractivity contribution >= 4 is 0 Å². The molecule has 3 heteroatoms. The highest BCUT2D eigenvalue weighted by Crippen LogP contribution is 2.38. The maximum Gasteiger partial charge on any atom is 0.0953 e. The summed E-state index contributed by atoms with van der Waals surface area (Å²) >= 11 is 0. The molecule has 0 spiro atoms. The van der Waals surface area contributed by atoms with Gasteiger partial charge in [-0.3, -0.25) is 0 Å². The molecule has 1 atom stereocenters. The lowest BCUT2D eigenvalue weighted by Gasteiger charge is -2.32. The minimum absolute atomic E-state index is 0.337. The number of aromatic nitrogens is 2. The second-order valence-corrected chi connectivity index (χ2v) is 5.94. The van der Waals surface area contributed by atoms with Crippen LogP contribution in [0, 0.1) is 0 Å². The Morgan fingerprint density at radius 1 is 1.35 bits per heavy atom. The van der Waals surface area contributed by atoms with Crippen LogP contribution in [0.5, 0.6) is 0 Å². The highest BCUT2D eigenvalue weighted by atomic mass is 15.1. The standard InChI is InChI=1S/C14H23N3/c1-14(6-2-3-7-14)17-11-16-10-13(17)12-5-4-8-15-9-12/h10-12,15H,2-9H2,1H3. The van der Waals surface area contributed by atoms with Crippen molar-refractivity contribution in [2.24, 2.45) is 0 Å². The largest absolute Gasteiger partial charge is 0.328 e. The second-order valence-electron chi connectivity index (χ2n) is 5.94. The molecule has 1 aromatic rings. The van der Waals surface area contributed by atoms with Gasteiger partial charge in [0.15, 0.2) is 0 Å². The first-order valence-corrected chi connectivity index (χ1v) is 7.03. The van der Waals surface area contributed by atoms with E-state index in [4.69, 9.17) is 0 Å². The average Bonchev–Trinajstić information content (AvgIpc) is 2.99. The van der Waals surface area contributed by atoms with Gasteiger partial charge in [0, 0.05) is 29.9 Å². The zero-order valence-corrected chi connectivity index (χ0v) is 10.8. The highest BCUT2D eigenvalue weighted by molar-refractivity contribution is 5.12. The monoisotopic (exact) mass is 233 g/mol. The summed E-state index contributed by atoms with van der Waals surface area (Å²) in [6, 6.07) is 0. The molecule has 1 aliphatic heterocycles. The van der Waals surface area contributed by atoms with Gasteiger partial charge >= 0.3 is 0 Å². The molecule has 3 rings (SSSR count). The van der Waals surface area contributed by atoms with Gasteiger partial charge in [-0.05, 0) is 39.2 Å². The number of nitrogens with one attached hydrogen (secondary N) is 1. The Morgan fingerprint density at radius 2 is 2.18 bits per heavy atom. The zero-order valence-electron chi connectivity index (χ0n) is 10.8. The molecule has 17 heavy (non-hydrogen) atoms. The van der Waals surface area contributed by atoms with E-state index in [0.717, 1.165) is 6.54 Å². The predicted octanol–water partition coefficient (Wildman–Crippen LogP) is 2.64. The van der Waals surface area contributed by atoms with E-state index in [1.54, 1.807) is 0 Å². The van der Waals surface area contributed by atoms with Crippen LogP contribution in [0.3, 0.4) is 0 Å². The summed E-state index contributed by atoms with van der Waals surface area (Å²) in [6.45, 7) is 4.71. The maximum atomic E-state index is 4.42. The molecule has 1 aliphatic carbocycles. The van der Waals surface area contributed by atoms with Crippen LogP contribution in [-0.2, 0) is 5.54 Å². The summed E-state index contributed by atoms with van der Waals surface area (Å²) in [5.41, 5.74) is 1.80. The lowest BCUT2D eigenvalue weighted by Crippen LogP contribution is -2.33. The molecule has 1 saturated carbocycles. The summed E-state index contributed by atoms with van der Waals surface area (Å²) in [4.78, 5) is 4.42. The van der Waals surface area contributed by atoms with E-state index in [1.807, 2.05) is 0 Å². The van der Waals surface area contributed by atoms with Gasteiger partial charge in [0.2, 0.25) is 0 Å². The van der Waals surface area contributed by atoms with E-state index < -0.39 is 0 Å². The SMILES string of the molecule is CC1(n2cncc2C2CCCNC2)CCCC1. The Hall–Kier alpha value is -0.830. The highest BCUT2D eigenvalue weighted by Gasteiger charge is 2.33. The van der Waals surface area contributed by atoms with Gasteiger partial charge in [0.05, 0.1) is 6.33 Å². The molecule has 0 aromatic carbocycles. The minimum atomic E-state index is 0.337. The fourth-order valence-corrected chi connectivity index (χ4v) is 3.54. The van der Waals surface area contributed by atoms with Crippen molar-refractivity contribution < 1.29 is 0 Å². The van der Waals surface area contributed by atoms with Gasteiger partial charge in [0.25, 0.3) is 0 Å². The van der Waals surface area contributed by atoms with E-state index in [-0.39, 0.29) is 0 Å². The third-order valence-corrected chi connectivity index (χ3v) is 4.64. The smallest absolute Gasteiger partial charge is 0.0953 e. The van der Waals surface area contributed by atoms with Crippen molar-refractivity contribution in [3.8, 4) is 0 Å². The van der Waals surface area contributed by atoms with E-state index >= 15 is 0 Å². The molecule has 2 aliphatic rings. The molecular formula is C14H23N3. The van der Waals surface area contributed by atoms with Crippen molar-refractivity contribution in [1.29, 1.82) is 0 Å². The number of piperidine rings is 1. The van der Waals surface area contributed by atoms with Gasteiger partial charge in [-0.15, -0.1) is 0 Å². The summed E-state index contributed by atoms with van der Waals surface area (Å²) < 4.78 is 2.48. The van der Waals surface area contributed by atoms with E-state index in [0.29, 0.717) is 11.5 Å². The van der Waals surface area contributed by atoms with Gasteiger partial charge in [-0.25, -0.2) is 4.98 Å². The fraction of sp³-hybridized carbons (Fsp3) is 0.786. The molecule has 1 N–H and O–H groups in total. The summed E-state index contributed by atoms with van der Waals surface area (Å²) in [7, 11) is 0. The summed E-state index contributed by atoms with van der Waals surface area (Å²) in [6.07, 6.45) is 12.2. The minimum Gasteiger partial charge on any atom is -0.328 e. The van der Waals surface area contributed by atoms with Crippen molar-refractivity contribution in [2.75, 3.05) is 13.1 Å². The van der Waals surface area contributed by atoms with Gasteiger partial charge < -0.3 is 9.88 Å². The van der Waals surface area contributed by atoms with E-state index in [9.17, 15) is 0 Å². The van der Waals surface area contributed by atoms with Crippen LogP contribution >= 0.6 is 0 Å². The molecule has 0 radical (unpaired) electrons. The first kappa shape index (κ1) is 11.3.